The molecule has 1 aliphatic rings. The Kier molecular flexibility index (Phi) is 5.73. The molecule has 0 saturated heterocycles. The molecule has 136 valence electrons. The number of carbonyl (C=O) groups is 2. The molecule has 2 aromatic carbocycles. The fourth-order valence-corrected chi connectivity index (χ4v) is 3.01. The van der Waals surface area contributed by atoms with Crippen molar-refractivity contribution >= 4 is 11.8 Å². The molecule has 4 nitrogen and oxygen atoms in total. The number of imide groups is 1. The number of ether oxygens (including phenoxy) is 1. The Labute approximate surface area is 159 Å². The number of hydrogen-bond acceptors (Lipinski definition) is 3. The summed E-state index contributed by atoms with van der Waals surface area (Å²) >= 11 is 0. The van der Waals surface area contributed by atoms with Crippen LogP contribution in [0.15, 0.2) is 61.2 Å². The number of methoxy groups -OCH3 is 1. The summed E-state index contributed by atoms with van der Waals surface area (Å²) in [4.78, 5) is 26.0. The summed E-state index contributed by atoms with van der Waals surface area (Å²) in [6.07, 6.45) is 3.22. The molecule has 0 aromatic heterocycles. The first-order chi connectivity index (χ1) is 13.1. The van der Waals surface area contributed by atoms with Crippen LogP contribution in [0.4, 0.5) is 0 Å². The standard InChI is InChI=1S/C23H21NO3/c1-3-17(10-11-18-12-14-19(27-2)15-13-18)7-6-16-24-22(25)20-8-4-5-9-21(20)23(24)26/h3-5,8-9,12-15,17H,1,6-7,16H2,2H3/t17-/m0/s1. The molecule has 0 spiro atoms. The van der Waals surface area contributed by atoms with Crippen LogP contribution < -0.4 is 4.74 Å². The lowest BCUT2D eigenvalue weighted by Crippen LogP contribution is -2.30. The fraction of sp³-hybridized carbons (Fsp3) is 0.217. The summed E-state index contributed by atoms with van der Waals surface area (Å²) in [5, 5.41) is 0. The third kappa shape index (κ3) is 4.09. The summed E-state index contributed by atoms with van der Waals surface area (Å²) in [5.74, 6) is 6.69. The van der Waals surface area contributed by atoms with E-state index < -0.39 is 0 Å². The van der Waals surface area contributed by atoms with E-state index in [2.05, 4.69) is 18.4 Å². The maximum atomic E-state index is 12.4. The molecule has 0 bridgehead atoms. The molecular weight excluding hydrogens is 338 g/mol. The molecular formula is C23H21NO3. The number of allylic oxidation sites excluding steroid dienone is 1. The van der Waals surface area contributed by atoms with E-state index in [1.807, 2.05) is 24.3 Å². The van der Waals surface area contributed by atoms with Gasteiger partial charge in [-0.05, 0) is 49.2 Å². The van der Waals surface area contributed by atoms with Crippen molar-refractivity contribution in [1.29, 1.82) is 0 Å². The molecule has 0 fully saturated rings. The Morgan fingerprint density at radius 2 is 1.70 bits per heavy atom. The van der Waals surface area contributed by atoms with Gasteiger partial charge in [-0.15, -0.1) is 6.58 Å². The van der Waals surface area contributed by atoms with Gasteiger partial charge in [0.15, 0.2) is 0 Å². The summed E-state index contributed by atoms with van der Waals surface area (Å²) in [6, 6.07) is 14.5. The van der Waals surface area contributed by atoms with Gasteiger partial charge < -0.3 is 4.74 Å². The molecule has 3 rings (SSSR count). The van der Waals surface area contributed by atoms with E-state index in [0.717, 1.165) is 17.7 Å². The van der Waals surface area contributed by atoms with E-state index in [1.165, 1.54) is 4.90 Å². The first-order valence-corrected chi connectivity index (χ1v) is 8.87. The minimum atomic E-state index is -0.213. The quantitative estimate of drug-likeness (QED) is 0.446. The van der Waals surface area contributed by atoms with Crippen LogP contribution in [0.3, 0.4) is 0 Å². The molecule has 27 heavy (non-hydrogen) atoms. The smallest absolute Gasteiger partial charge is 0.261 e. The molecule has 0 radical (unpaired) electrons. The van der Waals surface area contributed by atoms with E-state index in [-0.39, 0.29) is 17.7 Å². The molecule has 1 heterocycles. The number of hydrogen-bond donors (Lipinski definition) is 0. The molecule has 0 N–H and O–H groups in total. The van der Waals surface area contributed by atoms with Gasteiger partial charge in [0.2, 0.25) is 0 Å². The number of benzene rings is 2. The van der Waals surface area contributed by atoms with Crippen LogP contribution in [0.25, 0.3) is 0 Å². The molecule has 0 unspecified atom stereocenters. The number of carbonyl (C=O) groups excluding carboxylic acids is 2. The minimum Gasteiger partial charge on any atom is -0.497 e. The number of rotatable bonds is 6. The Morgan fingerprint density at radius 3 is 2.26 bits per heavy atom. The number of amides is 2. The maximum Gasteiger partial charge on any atom is 0.261 e. The van der Waals surface area contributed by atoms with Crippen LogP contribution in [-0.4, -0.2) is 30.4 Å². The second-order valence-corrected chi connectivity index (χ2v) is 6.29. The predicted octanol–water partition coefficient (Wildman–Crippen LogP) is 3.93. The lowest BCUT2D eigenvalue weighted by molar-refractivity contribution is 0.0651. The largest absolute Gasteiger partial charge is 0.497 e. The Bertz CT molecular complexity index is 884. The van der Waals surface area contributed by atoms with Gasteiger partial charge >= 0.3 is 0 Å². The van der Waals surface area contributed by atoms with Crippen molar-refractivity contribution < 1.29 is 14.3 Å². The lowest BCUT2D eigenvalue weighted by Gasteiger charge is -2.14. The first-order valence-electron chi connectivity index (χ1n) is 8.87. The fourth-order valence-electron chi connectivity index (χ4n) is 3.01. The van der Waals surface area contributed by atoms with Crippen molar-refractivity contribution in [2.45, 2.75) is 12.8 Å². The van der Waals surface area contributed by atoms with Crippen molar-refractivity contribution in [2.75, 3.05) is 13.7 Å². The van der Waals surface area contributed by atoms with E-state index in [9.17, 15) is 9.59 Å². The highest BCUT2D eigenvalue weighted by Crippen LogP contribution is 2.23. The Morgan fingerprint density at radius 1 is 1.07 bits per heavy atom. The van der Waals surface area contributed by atoms with Gasteiger partial charge in [-0.25, -0.2) is 0 Å². The van der Waals surface area contributed by atoms with E-state index in [1.54, 1.807) is 37.5 Å². The highest BCUT2D eigenvalue weighted by atomic mass is 16.5. The Balaban J connectivity index is 1.56. The lowest BCUT2D eigenvalue weighted by atomic mass is 10.0. The molecule has 2 aromatic rings. The van der Waals surface area contributed by atoms with E-state index in [0.29, 0.717) is 24.1 Å². The van der Waals surface area contributed by atoms with E-state index in [4.69, 9.17) is 4.74 Å². The van der Waals surface area contributed by atoms with Crippen LogP contribution in [0.1, 0.15) is 39.1 Å². The zero-order valence-electron chi connectivity index (χ0n) is 15.3. The topological polar surface area (TPSA) is 46.6 Å². The van der Waals surface area contributed by atoms with Gasteiger partial charge in [0, 0.05) is 18.0 Å². The van der Waals surface area contributed by atoms with Gasteiger partial charge in [-0.1, -0.05) is 30.0 Å². The zero-order chi connectivity index (χ0) is 19.2. The minimum absolute atomic E-state index is 0.00211. The van der Waals surface area contributed by atoms with Crippen molar-refractivity contribution in [3.63, 3.8) is 0 Å². The van der Waals surface area contributed by atoms with Crippen LogP contribution in [0, 0.1) is 17.8 Å². The predicted molar refractivity (Wildman–Crippen MR) is 105 cm³/mol. The SMILES string of the molecule is C=C[C@H](C#Cc1ccc(OC)cc1)CCCN1C(=O)c2ccccc2C1=O. The monoisotopic (exact) mass is 359 g/mol. The average Bonchev–Trinajstić information content (AvgIpc) is 2.96. The summed E-state index contributed by atoms with van der Waals surface area (Å²) in [5.41, 5.74) is 1.88. The highest BCUT2D eigenvalue weighted by Gasteiger charge is 2.34. The van der Waals surface area contributed by atoms with Crippen molar-refractivity contribution in [2.24, 2.45) is 5.92 Å². The molecule has 0 aliphatic carbocycles. The number of fused-ring (bicyclic) bond motifs is 1. The van der Waals surface area contributed by atoms with Crippen molar-refractivity contribution in [3.05, 3.63) is 77.9 Å². The van der Waals surface area contributed by atoms with Crippen LogP contribution >= 0.6 is 0 Å². The van der Waals surface area contributed by atoms with Gasteiger partial charge in [-0.3, -0.25) is 14.5 Å². The second-order valence-electron chi connectivity index (χ2n) is 6.29. The first kappa shape index (κ1) is 18.5. The van der Waals surface area contributed by atoms with Gasteiger partial charge in [-0.2, -0.15) is 0 Å². The third-order valence-corrected chi connectivity index (χ3v) is 4.55. The van der Waals surface area contributed by atoms with Crippen molar-refractivity contribution in [3.8, 4) is 17.6 Å². The zero-order valence-corrected chi connectivity index (χ0v) is 15.3. The summed E-state index contributed by atoms with van der Waals surface area (Å²) < 4.78 is 5.13. The van der Waals surface area contributed by atoms with Gasteiger partial charge in [0.25, 0.3) is 11.8 Å². The van der Waals surface area contributed by atoms with Crippen LogP contribution in [-0.2, 0) is 0 Å². The average molecular weight is 359 g/mol. The second kappa shape index (κ2) is 8.37. The molecule has 1 atom stereocenters. The van der Waals surface area contributed by atoms with Gasteiger partial charge in [0.1, 0.15) is 5.75 Å². The van der Waals surface area contributed by atoms with Gasteiger partial charge in [0.05, 0.1) is 18.2 Å². The van der Waals surface area contributed by atoms with Crippen LogP contribution in [0.2, 0.25) is 0 Å². The van der Waals surface area contributed by atoms with Crippen LogP contribution in [0.5, 0.6) is 5.75 Å². The maximum absolute atomic E-state index is 12.4. The normalized spacial score (nSPS) is 13.6. The van der Waals surface area contributed by atoms with Crippen molar-refractivity contribution in [1.82, 2.24) is 4.90 Å². The molecule has 0 saturated carbocycles. The number of nitrogens with zero attached hydrogens (tertiary/aromatic N) is 1. The highest BCUT2D eigenvalue weighted by molar-refractivity contribution is 6.21. The molecule has 1 aliphatic heterocycles. The molecule has 4 heteroatoms. The van der Waals surface area contributed by atoms with E-state index >= 15 is 0 Å². The third-order valence-electron chi connectivity index (χ3n) is 4.55. The summed E-state index contributed by atoms with van der Waals surface area (Å²) in [7, 11) is 1.63. The Hall–Kier alpha value is -3.32. The summed E-state index contributed by atoms with van der Waals surface area (Å²) in [6.45, 7) is 4.23. The molecule has 2 amide bonds.